The summed E-state index contributed by atoms with van der Waals surface area (Å²) in [5, 5.41) is 8.92. The van der Waals surface area contributed by atoms with Crippen molar-refractivity contribution < 1.29 is 23.1 Å². The molecule has 1 aliphatic heterocycles. The lowest BCUT2D eigenvalue weighted by molar-refractivity contribution is -0.137. The highest BCUT2D eigenvalue weighted by Crippen LogP contribution is 2.13. The average Bonchev–Trinajstić information content (AvgIpc) is 2.55. The molecule has 7 nitrogen and oxygen atoms in total. The van der Waals surface area contributed by atoms with E-state index in [0.29, 0.717) is 13.2 Å². The second kappa shape index (κ2) is 9.45. The number of carboxylic acids is 1. The standard InChI is InChI=1S/C18H28N2O5S/c1-15-6-3-4-7-16(15)8-5-9-19-10-11-25-17(12-19)13-20(14-18(21)22)26(2,23)24/h3-4,6-7,17H,5,8-14H2,1-2H3,(H,21,22). The van der Waals surface area contributed by atoms with Crippen LogP contribution in [-0.4, -0.2) is 80.4 Å². The van der Waals surface area contributed by atoms with Gasteiger partial charge in [0.2, 0.25) is 10.0 Å². The third-order valence-corrected chi connectivity index (χ3v) is 5.81. The summed E-state index contributed by atoms with van der Waals surface area (Å²) in [5.74, 6) is -1.17. The minimum absolute atomic E-state index is 0.0689. The lowest BCUT2D eigenvalue weighted by atomic mass is 10.0. The molecule has 26 heavy (non-hydrogen) atoms. The molecule has 8 heteroatoms. The third-order valence-electron chi connectivity index (χ3n) is 4.59. The van der Waals surface area contributed by atoms with Crippen LogP contribution in [0.15, 0.2) is 24.3 Å². The summed E-state index contributed by atoms with van der Waals surface area (Å²) in [6.45, 7) is 4.50. The molecule has 0 aliphatic carbocycles. The SMILES string of the molecule is Cc1ccccc1CCCN1CCOC(CN(CC(=O)O)S(C)(=O)=O)C1. The first kappa shape index (κ1) is 20.8. The molecule has 1 fully saturated rings. The van der Waals surface area contributed by atoms with Gasteiger partial charge in [-0.2, -0.15) is 4.31 Å². The molecule has 0 amide bonds. The van der Waals surface area contributed by atoms with Gasteiger partial charge in [-0.3, -0.25) is 9.69 Å². The molecule has 0 saturated carbocycles. The second-order valence-corrected chi connectivity index (χ2v) is 8.76. The molecule has 1 heterocycles. The summed E-state index contributed by atoms with van der Waals surface area (Å²) in [4.78, 5) is 13.2. The molecule has 1 saturated heterocycles. The Hall–Kier alpha value is -1.48. The largest absolute Gasteiger partial charge is 0.480 e. The molecule has 0 spiro atoms. The normalized spacial score (nSPS) is 19.0. The Kier molecular flexibility index (Phi) is 7.57. The van der Waals surface area contributed by atoms with Gasteiger partial charge in [0, 0.05) is 19.6 Å². The zero-order chi connectivity index (χ0) is 19.2. The van der Waals surface area contributed by atoms with Crippen molar-refractivity contribution in [3.8, 4) is 0 Å². The van der Waals surface area contributed by atoms with Gasteiger partial charge in [-0.05, 0) is 37.4 Å². The number of benzene rings is 1. The molecule has 146 valence electrons. The van der Waals surface area contributed by atoms with Gasteiger partial charge in [-0.25, -0.2) is 8.42 Å². The fourth-order valence-electron chi connectivity index (χ4n) is 3.17. The minimum Gasteiger partial charge on any atom is -0.480 e. The fourth-order valence-corrected chi connectivity index (χ4v) is 3.95. The lowest BCUT2D eigenvalue weighted by Gasteiger charge is -2.34. The summed E-state index contributed by atoms with van der Waals surface area (Å²) in [6, 6.07) is 8.35. The monoisotopic (exact) mass is 384 g/mol. The number of morpholine rings is 1. The van der Waals surface area contributed by atoms with E-state index in [0.717, 1.165) is 36.5 Å². The third kappa shape index (κ3) is 6.68. The van der Waals surface area contributed by atoms with Crippen LogP contribution in [0.5, 0.6) is 0 Å². The molecule has 1 aromatic rings. The van der Waals surface area contributed by atoms with Crippen LogP contribution >= 0.6 is 0 Å². The molecular weight excluding hydrogens is 356 g/mol. The molecule has 1 aromatic carbocycles. The molecule has 2 rings (SSSR count). The van der Waals surface area contributed by atoms with Crippen LogP contribution in [0.1, 0.15) is 17.5 Å². The molecule has 1 unspecified atom stereocenters. The van der Waals surface area contributed by atoms with Gasteiger partial charge in [0.15, 0.2) is 0 Å². The number of ether oxygens (including phenoxy) is 1. The maximum atomic E-state index is 11.8. The molecular formula is C18H28N2O5S. The lowest BCUT2D eigenvalue weighted by Crippen LogP contribution is -2.49. The van der Waals surface area contributed by atoms with Crippen molar-refractivity contribution in [2.45, 2.75) is 25.9 Å². The van der Waals surface area contributed by atoms with Crippen LogP contribution in [-0.2, 0) is 26.0 Å². The molecule has 0 aromatic heterocycles. The highest BCUT2D eigenvalue weighted by atomic mass is 32.2. The first-order valence-electron chi connectivity index (χ1n) is 8.81. The van der Waals surface area contributed by atoms with Crippen molar-refractivity contribution in [2.75, 3.05) is 45.6 Å². The fraction of sp³-hybridized carbons (Fsp3) is 0.611. The number of hydrogen-bond acceptors (Lipinski definition) is 5. The number of nitrogens with zero attached hydrogens (tertiary/aromatic N) is 2. The van der Waals surface area contributed by atoms with Gasteiger partial charge in [-0.1, -0.05) is 24.3 Å². The maximum Gasteiger partial charge on any atom is 0.318 e. The Morgan fingerprint density at radius 1 is 1.38 bits per heavy atom. The topological polar surface area (TPSA) is 87.2 Å². The number of aliphatic carboxylic acids is 1. The van der Waals surface area contributed by atoms with E-state index < -0.39 is 22.5 Å². The van der Waals surface area contributed by atoms with E-state index in [1.54, 1.807) is 0 Å². The van der Waals surface area contributed by atoms with Gasteiger partial charge in [0.1, 0.15) is 6.54 Å². The van der Waals surface area contributed by atoms with Crippen molar-refractivity contribution in [1.82, 2.24) is 9.21 Å². The van der Waals surface area contributed by atoms with E-state index in [1.165, 1.54) is 11.1 Å². The van der Waals surface area contributed by atoms with E-state index in [2.05, 4.69) is 30.0 Å². The summed E-state index contributed by atoms with van der Waals surface area (Å²) >= 11 is 0. The Morgan fingerprint density at radius 2 is 2.12 bits per heavy atom. The average molecular weight is 384 g/mol. The smallest absolute Gasteiger partial charge is 0.318 e. The van der Waals surface area contributed by atoms with Crippen molar-refractivity contribution in [3.05, 3.63) is 35.4 Å². The summed E-state index contributed by atoms with van der Waals surface area (Å²) in [6.07, 6.45) is 2.74. The first-order chi connectivity index (χ1) is 12.3. The quantitative estimate of drug-likeness (QED) is 0.683. The van der Waals surface area contributed by atoms with Crippen molar-refractivity contribution in [2.24, 2.45) is 0 Å². The number of hydrogen-bond donors (Lipinski definition) is 1. The molecule has 1 aliphatic rings. The zero-order valence-corrected chi connectivity index (χ0v) is 16.2. The Labute approximate surface area is 155 Å². The van der Waals surface area contributed by atoms with Crippen molar-refractivity contribution in [1.29, 1.82) is 0 Å². The van der Waals surface area contributed by atoms with E-state index in [1.807, 2.05) is 6.07 Å². The van der Waals surface area contributed by atoms with Crippen LogP contribution in [0.25, 0.3) is 0 Å². The number of sulfonamides is 1. The predicted octanol–water partition coefficient (Wildman–Crippen LogP) is 0.975. The summed E-state index contributed by atoms with van der Waals surface area (Å²) in [7, 11) is -3.58. The number of aryl methyl sites for hydroxylation is 2. The van der Waals surface area contributed by atoms with Crippen LogP contribution in [0.2, 0.25) is 0 Å². The molecule has 0 radical (unpaired) electrons. The Morgan fingerprint density at radius 3 is 2.77 bits per heavy atom. The van der Waals surface area contributed by atoms with Crippen molar-refractivity contribution in [3.63, 3.8) is 0 Å². The van der Waals surface area contributed by atoms with Gasteiger partial charge in [-0.15, -0.1) is 0 Å². The first-order valence-corrected chi connectivity index (χ1v) is 10.7. The van der Waals surface area contributed by atoms with Gasteiger partial charge >= 0.3 is 5.97 Å². The van der Waals surface area contributed by atoms with Gasteiger partial charge < -0.3 is 9.84 Å². The number of rotatable bonds is 9. The number of carbonyl (C=O) groups is 1. The van der Waals surface area contributed by atoms with Gasteiger partial charge in [0.05, 0.1) is 19.0 Å². The van der Waals surface area contributed by atoms with Crippen LogP contribution in [0, 0.1) is 6.92 Å². The highest BCUT2D eigenvalue weighted by Gasteiger charge is 2.27. The zero-order valence-electron chi connectivity index (χ0n) is 15.4. The summed E-state index contributed by atoms with van der Waals surface area (Å²) in [5.41, 5.74) is 2.65. The molecule has 1 atom stereocenters. The predicted molar refractivity (Wildman–Crippen MR) is 99.7 cm³/mol. The van der Waals surface area contributed by atoms with Crippen molar-refractivity contribution >= 4 is 16.0 Å². The van der Waals surface area contributed by atoms with Crippen LogP contribution < -0.4 is 0 Å². The Bertz CT molecular complexity index is 707. The van der Waals surface area contributed by atoms with E-state index >= 15 is 0 Å². The molecule has 0 bridgehead atoms. The van der Waals surface area contributed by atoms with Crippen LogP contribution in [0.3, 0.4) is 0 Å². The van der Waals surface area contributed by atoms with Gasteiger partial charge in [0.25, 0.3) is 0 Å². The highest BCUT2D eigenvalue weighted by molar-refractivity contribution is 7.88. The Balaban J connectivity index is 1.84. The minimum atomic E-state index is -3.58. The molecule has 1 N–H and O–H groups in total. The second-order valence-electron chi connectivity index (χ2n) is 6.77. The maximum absolute atomic E-state index is 11.8. The van der Waals surface area contributed by atoms with E-state index in [9.17, 15) is 13.2 Å². The number of carboxylic acid groups (broad SMARTS) is 1. The summed E-state index contributed by atoms with van der Waals surface area (Å²) < 4.78 is 30.2. The van der Waals surface area contributed by atoms with E-state index in [-0.39, 0.29) is 12.6 Å². The van der Waals surface area contributed by atoms with Crippen LogP contribution in [0.4, 0.5) is 0 Å². The van der Waals surface area contributed by atoms with E-state index in [4.69, 9.17) is 9.84 Å².